The third-order valence-electron chi connectivity index (χ3n) is 3.69. The van der Waals surface area contributed by atoms with E-state index in [1.807, 2.05) is 13.0 Å². The number of aromatic hydroxyl groups is 2. The first kappa shape index (κ1) is 20.1. The SMILES string of the molecule is C[S+](C)c1ccc(O)c2ccc(O)cc12.Cc1ccc(S(=O)(=O)[O-])cc1. The third kappa shape index (κ3) is 4.91. The van der Waals surface area contributed by atoms with Gasteiger partial charge in [-0.3, -0.25) is 0 Å². The van der Waals surface area contributed by atoms with E-state index in [1.54, 1.807) is 36.4 Å². The highest BCUT2D eigenvalue weighted by atomic mass is 32.2. The first-order valence-electron chi connectivity index (χ1n) is 7.64. The third-order valence-corrected chi connectivity index (χ3v) is 5.77. The van der Waals surface area contributed by atoms with Crippen LogP contribution in [-0.2, 0) is 21.0 Å². The smallest absolute Gasteiger partial charge is 0.162 e. The quantitative estimate of drug-likeness (QED) is 0.515. The molecule has 0 aliphatic carbocycles. The zero-order chi connectivity index (χ0) is 19.5. The highest BCUT2D eigenvalue weighted by Gasteiger charge is 2.15. The van der Waals surface area contributed by atoms with Gasteiger partial charge in [0.25, 0.3) is 0 Å². The average molecular weight is 392 g/mol. The van der Waals surface area contributed by atoms with E-state index in [0.717, 1.165) is 16.3 Å². The number of phenolic OH excluding ortho intramolecular Hbond substituents is 2. The Kier molecular flexibility index (Phi) is 6.17. The van der Waals surface area contributed by atoms with E-state index >= 15 is 0 Å². The predicted octanol–water partition coefficient (Wildman–Crippen LogP) is 3.39. The van der Waals surface area contributed by atoms with Gasteiger partial charge in [0.2, 0.25) is 0 Å². The summed E-state index contributed by atoms with van der Waals surface area (Å²) < 4.78 is 31.2. The van der Waals surface area contributed by atoms with Crippen LogP contribution in [0.15, 0.2) is 64.4 Å². The van der Waals surface area contributed by atoms with Crippen molar-refractivity contribution < 1.29 is 23.2 Å². The molecular formula is C19H20O5S2. The molecule has 3 rings (SSSR count). The number of hydrogen-bond donors (Lipinski definition) is 2. The van der Waals surface area contributed by atoms with Gasteiger partial charge in [-0.1, -0.05) is 17.7 Å². The topological polar surface area (TPSA) is 97.7 Å². The second-order valence-electron chi connectivity index (χ2n) is 5.90. The summed E-state index contributed by atoms with van der Waals surface area (Å²) in [5.74, 6) is 0.499. The second-order valence-corrected chi connectivity index (χ2v) is 9.35. The van der Waals surface area contributed by atoms with Crippen molar-refractivity contribution in [1.29, 1.82) is 0 Å². The molecule has 0 amide bonds. The lowest BCUT2D eigenvalue weighted by atomic mass is 10.1. The van der Waals surface area contributed by atoms with Gasteiger partial charge in [0.1, 0.15) is 34.1 Å². The average Bonchev–Trinajstić information content (AvgIpc) is 2.54. The predicted molar refractivity (Wildman–Crippen MR) is 104 cm³/mol. The molecule has 0 bridgehead atoms. The number of rotatable bonds is 2. The first-order valence-corrected chi connectivity index (χ1v) is 11.1. The van der Waals surface area contributed by atoms with Crippen LogP contribution in [0.1, 0.15) is 5.56 Å². The van der Waals surface area contributed by atoms with Gasteiger partial charge in [0.15, 0.2) is 4.90 Å². The van der Waals surface area contributed by atoms with Gasteiger partial charge >= 0.3 is 0 Å². The Morgan fingerprint density at radius 2 is 1.50 bits per heavy atom. The maximum Gasteiger partial charge on any atom is 0.162 e. The normalized spacial score (nSPS) is 11.3. The summed E-state index contributed by atoms with van der Waals surface area (Å²) in [6, 6.07) is 14.5. The molecule has 0 atom stereocenters. The molecule has 7 heteroatoms. The van der Waals surface area contributed by atoms with Crippen molar-refractivity contribution >= 4 is 31.8 Å². The van der Waals surface area contributed by atoms with Gasteiger partial charge in [0.05, 0.1) is 4.90 Å². The molecule has 0 aliphatic rings. The first-order chi connectivity index (χ1) is 12.1. The van der Waals surface area contributed by atoms with E-state index in [-0.39, 0.29) is 27.3 Å². The summed E-state index contributed by atoms with van der Waals surface area (Å²) in [5, 5.41) is 20.9. The van der Waals surface area contributed by atoms with Crippen molar-refractivity contribution in [3.8, 4) is 11.5 Å². The van der Waals surface area contributed by atoms with Crippen LogP contribution in [0.25, 0.3) is 10.8 Å². The molecule has 0 radical (unpaired) electrons. The van der Waals surface area contributed by atoms with Crippen molar-refractivity contribution in [1.82, 2.24) is 0 Å². The van der Waals surface area contributed by atoms with Gasteiger partial charge in [-0.15, -0.1) is 0 Å². The number of hydrogen-bond acceptors (Lipinski definition) is 5. The molecule has 138 valence electrons. The molecule has 0 unspecified atom stereocenters. The second kappa shape index (κ2) is 7.99. The van der Waals surface area contributed by atoms with Gasteiger partial charge in [-0.2, -0.15) is 0 Å². The van der Waals surface area contributed by atoms with Gasteiger partial charge in [-0.05, 0) is 49.4 Å². The van der Waals surface area contributed by atoms with Crippen LogP contribution in [0.5, 0.6) is 11.5 Å². The lowest BCUT2D eigenvalue weighted by molar-refractivity contribution is 0.463. The number of aryl methyl sites for hydroxylation is 1. The molecule has 0 spiro atoms. The van der Waals surface area contributed by atoms with E-state index in [0.29, 0.717) is 0 Å². The molecule has 0 heterocycles. The Hall–Kier alpha value is -2.22. The van der Waals surface area contributed by atoms with Crippen LogP contribution in [-0.4, -0.2) is 35.7 Å². The zero-order valence-electron chi connectivity index (χ0n) is 14.6. The van der Waals surface area contributed by atoms with E-state index in [9.17, 15) is 23.2 Å². The molecule has 2 N–H and O–H groups in total. The van der Waals surface area contributed by atoms with Crippen LogP contribution in [0.4, 0.5) is 0 Å². The Balaban J connectivity index is 0.000000197. The Morgan fingerprint density at radius 1 is 0.885 bits per heavy atom. The monoisotopic (exact) mass is 392 g/mol. The summed E-state index contributed by atoms with van der Waals surface area (Å²) in [6.45, 7) is 1.82. The fourth-order valence-electron chi connectivity index (χ4n) is 2.35. The minimum atomic E-state index is -4.27. The molecule has 0 aliphatic heterocycles. The largest absolute Gasteiger partial charge is 0.744 e. The van der Waals surface area contributed by atoms with Crippen LogP contribution >= 0.6 is 0 Å². The molecule has 5 nitrogen and oxygen atoms in total. The lowest BCUT2D eigenvalue weighted by Gasteiger charge is -2.05. The lowest BCUT2D eigenvalue weighted by Crippen LogP contribution is -1.97. The maximum absolute atomic E-state index is 10.4. The fraction of sp³-hybridized carbons (Fsp3) is 0.158. The van der Waals surface area contributed by atoms with E-state index in [1.165, 1.54) is 17.0 Å². The van der Waals surface area contributed by atoms with Crippen molar-refractivity contribution in [3.05, 3.63) is 60.2 Å². The van der Waals surface area contributed by atoms with Crippen molar-refractivity contribution in [3.63, 3.8) is 0 Å². The number of phenols is 2. The standard InChI is InChI=1S/C12H12O2S.C7H8O3S/c1-15(2)12-6-5-11(14)9-4-3-8(13)7-10(9)12;1-6-2-4-7(5-3-6)11(8,9)10/h3-7H,1-2H3,(H-,13,14);2-5H,1H3,(H,8,9,10). The maximum atomic E-state index is 10.4. The Morgan fingerprint density at radius 3 is 2.04 bits per heavy atom. The van der Waals surface area contributed by atoms with E-state index in [4.69, 9.17) is 0 Å². The Labute approximate surface area is 156 Å². The number of fused-ring (bicyclic) bond motifs is 1. The highest BCUT2D eigenvalue weighted by molar-refractivity contribution is 7.95. The van der Waals surface area contributed by atoms with Crippen molar-refractivity contribution in [2.75, 3.05) is 12.5 Å². The molecular weight excluding hydrogens is 372 g/mol. The summed E-state index contributed by atoms with van der Waals surface area (Å²) in [6.07, 6.45) is 4.24. The summed E-state index contributed by atoms with van der Waals surface area (Å²) in [5.41, 5.74) is 0.928. The minimum absolute atomic E-state index is 0.108. The summed E-state index contributed by atoms with van der Waals surface area (Å²) in [4.78, 5) is 0.988. The van der Waals surface area contributed by atoms with Crippen LogP contribution in [0, 0.1) is 6.92 Å². The summed E-state index contributed by atoms with van der Waals surface area (Å²) >= 11 is 0. The number of benzene rings is 3. The van der Waals surface area contributed by atoms with Crippen molar-refractivity contribution in [2.45, 2.75) is 16.7 Å². The molecule has 3 aromatic rings. The van der Waals surface area contributed by atoms with Gasteiger partial charge < -0.3 is 14.8 Å². The van der Waals surface area contributed by atoms with Gasteiger partial charge in [-0.25, -0.2) is 8.42 Å². The Bertz CT molecular complexity index is 1010. The molecule has 0 saturated heterocycles. The molecule has 3 aromatic carbocycles. The molecule has 0 saturated carbocycles. The molecule has 0 aromatic heterocycles. The minimum Gasteiger partial charge on any atom is -0.744 e. The van der Waals surface area contributed by atoms with Crippen LogP contribution in [0.3, 0.4) is 0 Å². The van der Waals surface area contributed by atoms with E-state index in [2.05, 4.69) is 12.5 Å². The van der Waals surface area contributed by atoms with Crippen LogP contribution < -0.4 is 0 Å². The molecule has 26 heavy (non-hydrogen) atoms. The van der Waals surface area contributed by atoms with Crippen LogP contribution in [0.2, 0.25) is 0 Å². The highest BCUT2D eigenvalue weighted by Crippen LogP contribution is 2.32. The zero-order valence-corrected chi connectivity index (χ0v) is 16.3. The molecule has 0 fully saturated rings. The fourth-order valence-corrected chi connectivity index (χ4v) is 3.77. The van der Waals surface area contributed by atoms with Gasteiger partial charge in [0, 0.05) is 21.7 Å². The van der Waals surface area contributed by atoms with E-state index < -0.39 is 10.1 Å². The summed E-state index contributed by atoms with van der Waals surface area (Å²) in [7, 11) is -4.16. The van der Waals surface area contributed by atoms with Crippen molar-refractivity contribution in [2.24, 2.45) is 0 Å².